The maximum absolute atomic E-state index is 8.87. The van der Waals surface area contributed by atoms with Gasteiger partial charge in [0.15, 0.2) is 0 Å². The van der Waals surface area contributed by atoms with Gasteiger partial charge in [-0.1, -0.05) is 0 Å². The van der Waals surface area contributed by atoms with E-state index in [1.54, 1.807) is 11.3 Å². The van der Waals surface area contributed by atoms with Crippen LogP contribution in [0.3, 0.4) is 0 Å². The van der Waals surface area contributed by atoms with Gasteiger partial charge in [0.25, 0.3) is 0 Å². The van der Waals surface area contributed by atoms with Crippen LogP contribution < -0.4 is 5.73 Å². The summed E-state index contributed by atoms with van der Waals surface area (Å²) in [7, 11) is 0. The third kappa shape index (κ3) is 1.16. The molecule has 4 heteroatoms. The van der Waals surface area contributed by atoms with Crippen molar-refractivity contribution in [2.75, 3.05) is 6.54 Å². The predicted molar refractivity (Wildman–Crippen MR) is 48.2 cm³/mol. The monoisotopic (exact) mass is 184 g/mol. The number of aromatic nitrogens is 1. The smallest absolute Gasteiger partial charge is 0.119 e. The summed E-state index contributed by atoms with van der Waals surface area (Å²) in [5.74, 6) is 0.441. The summed E-state index contributed by atoms with van der Waals surface area (Å²) in [6, 6.07) is 0. The first-order valence-corrected chi connectivity index (χ1v) is 4.96. The number of rotatable bonds is 2. The van der Waals surface area contributed by atoms with Crippen LogP contribution in [0.15, 0.2) is 0 Å². The van der Waals surface area contributed by atoms with E-state index in [-0.39, 0.29) is 6.61 Å². The Morgan fingerprint density at radius 3 is 3.17 bits per heavy atom. The Labute approximate surface area is 75.2 Å². The first-order chi connectivity index (χ1) is 5.85. The van der Waals surface area contributed by atoms with E-state index in [1.807, 2.05) is 0 Å². The molecule has 1 atom stereocenters. The lowest BCUT2D eigenvalue weighted by molar-refractivity contribution is 0.281. The second-order valence-corrected chi connectivity index (χ2v) is 4.21. The summed E-state index contributed by atoms with van der Waals surface area (Å²) >= 11 is 1.62. The van der Waals surface area contributed by atoms with Gasteiger partial charge in [0.2, 0.25) is 0 Å². The molecule has 66 valence electrons. The zero-order chi connectivity index (χ0) is 8.55. The van der Waals surface area contributed by atoms with Gasteiger partial charge in [0, 0.05) is 17.3 Å². The number of fused-ring (bicyclic) bond motifs is 1. The van der Waals surface area contributed by atoms with Crippen molar-refractivity contribution in [3.63, 3.8) is 0 Å². The van der Waals surface area contributed by atoms with Gasteiger partial charge in [-0.3, -0.25) is 0 Å². The van der Waals surface area contributed by atoms with Crippen LogP contribution >= 0.6 is 11.3 Å². The van der Waals surface area contributed by atoms with Crippen LogP contribution in [0.5, 0.6) is 0 Å². The zero-order valence-electron chi connectivity index (χ0n) is 6.79. The molecule has 1 aromatic heterocycles. The summed E-state index contributed by atoms with van der Waals surface area (Å²) in [6.45, 7) is 0.747. The number of aliphatic hydroxyl groups is 1. The van der Waals surface area contributed by atoms with E-state index in [4.69, 9.17) is 10.8 Å². The Morgan fingerprint density at radius 2 is 2.50 bits per heavy atom. The predicted octanol–water partition coefficient (Wildman–Crippen LogP) is 0.624. The van der Waals surface area contributed by atoms with Crippen molar-refractivity contribution in [3.05, 3.63) is 15.6 Å². The van der Waals surface area contributed by atoms with Gasteiger partial charge in [-0.2, -0.15) is 0 Å². The SMILES string of the molecule is NCC1CCc2sc(CO)nc21. The van der Waals surface area contributed by atoms with E-state index in [9.17, 15) is 0 Å². The third-order valence-corrected chi connectivity index (χ3v) is 3.41. The molecule has 1 aliphatic rings. The van der Waals surface area contributed by atoms with E-state index in [0.717, 1.165) is 23.5 Å². The highest BCUT2D eigenvalue weighted by Gasteiger charge is 2.25. The quantitative estimate of drug-likeness (QED) is 0.708. The second kappa shape index (κ2) is 3.12. The molecule has 1 aliphatic carbocycles. The van der Waals surface area contributed by atoms with Gasteiger partial charge in [-0.05, 0) is 12.8 Å². The Hall–Kier alpha value is -0.450. The van der Waals surface area contributed by atoms with Crippen LogP contribution in [0, 0.1) is 0 Å². The van der Waals surface area contributed by atoms with Gasteiger partial charge in [-0.25, -0.2) is 4.98 Å². The van der Waals surface area contributed by atoms with Crippen LogP contribution in [-0.4, -0.2) is 16.6 Å². The molecule has 2 rings (SSSR count). The van der Waals surface area contributed by atoms with Gasteiger partial charge in [0.1, 0.15) is 5.01 Å². The van der Waals surface area contributed by atoms with Crippen LogP contribution in [0.4, 0.5) is 0 Å². The molecular formula is C8H12N2OS. The molecule has 0 radical (unpaired) electrons. The fourth-order valence-electron chi connectivity index (χ4n) is 1.65. The van der Waals surface area contributed by atoms with E-state index in [2.05, 4.69) is 4.98 Å². The number of hydrogen-bond donors (Lipinski definition) is 2. The molecular weight excluding hydrogens is 172 g/mol. The molecule has 0 fully saturated rings. The van der Waals surface area contributed by atoms with Crippen molar-refractivity contribution < 1.29 is 5.11 Å². The summed E-state index contributed by atoms with van der Waals surface area (Å²) in [5.41, 5.74) is 6.75. The van der Waals surface area contributed by atoms with E-state index in [0.29, 0.717) is 12.5 Å². The fraction of sp³-hybridized carbons (Fsp3) is 0.625. The second-order valence-electron chi connectivity index (χ2n) is 3.05. The van der Waals surface area contributed by atoms with Crippen LogP contribution in [0.1, 0.15) is 27.9 Å². The highest BCUT2D eigenvalue weighted by atomic mass is 32.1. The molecule has 1 heterocycles. The number of hydrogen-bond acceptors (Lipinski definition) is 4. The molecule has 3 nitrogen and oxygen atoms in total. The van der Waals surface area contributed by atoms with E-state index >= 15 is 0 Å². The lowest BCUT2D eigenvalue weighted by atomic mass is 10.1. The Morgan fingerprint density at radius 1 is 1.67 bits per heavy atom. The Bertz CT molecular complexity index is 285. The Kier molecular flexibility index (Phi) is 2.12. The highest BCUT2D eigenvalue weighted by molar-refractivity contribution is 7.11. The third-order valence-electron chi connectivity index (χ3n) is 2.30. The minimum Gasteiger partial charge on any atom is -0.389 e. The number of aryl methyl sites for hydroxylation is 1. The molecule has 12 heavy (non-hydrogen) atoms. The minimum atomic E-state index is 0.0644. The summed E-state index contributed by atoms with van der Waals surface area (Å²) < 4.78 is 0. The van der Waals surface area contributed by atoms with Crippen molar-refractivity contribution >= 4 is 11.3 Å². The molecule has 0 bridgehead atoms. The maximum Gasteiger partial charge on any atom is 0.119 e. The van der Waals surface area contributed by atoms with Gasteiger partial charge in [-0.15, -0.1) is 11.3 Å². The van der Waals surface area contributed by atoms with Crippen molar-refractivity contribution in [3.8, 4) is 0 Å². The van der Waals surface area contributed by atoms with Gasteiger partial charge in [0.05, 0.1) is 12.3 Å². The minimum absolute atomic E-state index is 0.0644. The molecule has 0 spiro atoms. The zero-order valence-corrected chi connectivity index (χ0v) is 7.60. The van der Waals surface area contributed by atoms with E-state index < -0.39 is 0 Å². The summed E-state index contributed by atoms with van der Waals surface area (Å²) in [4.78, 5) is 5.68. The molecule has 0 amide bonds. The molecule has 0 aromatic carbocycles. The average Bonchev–Trinajstić information content (AvgIpc) is 2.61. The van der Waals surface area contributed by atoms with Crippen LogP contribution in [0.25, 0.3) is 0 Å². The fourth-order valence-corrected chi connectivity index (χ4v) is 2.68. The van der Waals surface area contributed by atoms with Crippen molar-refractivity contribution in [2.24, 2.45) is 5.73 Å². The number of aliphatic hydroxyl groups excluding tert-OH is 1. The molecule has 0 saturated carbocycles. The van der Waals surface area contributed by atoms with Gasteiger partial charge >= 0.3 is 0 Å². The molecule has 3 N–H and O–H groups in total. The summed E-state index contributed by atoms with van der Waals surface area (Å²) in [6.07, 6.45) is 2.23. The van der Waals surface area contributed by atoms with Crippen molar-refractivity contribution in [2.45, 2.75) is 25.4 Å². The number of thiazole rings is 1. The summed E-state index contributed by atoms with van der Waals surface area (Å²) in [5, 5.41) is 9.70. The molecule has 1 aromatic rings. The van der Waals surface area contributed by atoms with E-state index in [1.165, 1.54) is 4.88 Å². The first kappa shape index (κ1) is 8.16. The lowest BCUT2D eigenvalue weighted by Crippen LogP contribution is -2.10. The first-order valence-electron chi connectivity index (χ1n) is 4.14. The average molecular weight is 184 g/mol. The van der Waals surface area contributed by atoms with Crippen LogP contribution in [0.2, 0.25) is 0 Å². The number of nitrogens with zero attached hydrogens (tertiary/aromatic N) is 1. The molecule has 1 unspecified atom stereocenters. The molecule has 0 aliphatic heterocycles. The standard InChI is InChI=1S/C8H12N2OS/c9-3-5-1-2-6-8(5)10-7(4-11)12-6/h5,11H,1-4,9H2. The lowest BCUT2D eigenvalue weighted by Gasteiger charge is -2.02. The maximum atomic E-state index is 8.87. The topological polar surface area (TPSA) is 59.1 Å². The highest BCUT2D eigenvalue weighted by Crippen LogP contribution is 2.35. The largest absolute Gasteiger partial charge is 0.389 e. The molecule has 0 saturated heterocycles. The van der Waals surface area contributed by atoms with Crippen molar-refractivity contribution in [1.29, 1.82) is 0 Å². The number of nitrogens with two attached hydrogens (primary N) is 1. The normalized spacial score (nSPS) is 21.3. The Balaban J connectivity index is 2.31. The van der Waals surface area contributed by atoms with Crippen molar-refractivity contribution in [1.82, 2.24) is 4.98 Å². The van der Waals surface area contributed by atoms with Gasteiger partial charge < -0.3 is 10.8 Å². The van der Waals surface area contributed by atoms with Crippen LogP contribution in [-0.2, 0) is 13.0 Å².